The normalized spacial score (nSPS) is 17.8. The second kappa shape index (κ2) is 7.30. The van der Waals surface area contributed by atoms with E-state index in [-0.39, 0.29) is 26.0 Å². The highest BCUT2D eigenvalue weighted by atomic mass is 16.5. The molecule has 0 aromatic heterocycles. The molecule has 1 saturated heterocycles. The third-order valence-electron chi connectivity index (χ3n) is 3.25. The summed E-state index contributed by atoms with van der Waals surface area (Å²) >= 11 is 0. The molecule has 1 aliphatic heterocycles. The van der Waals surface area contributed by atoms with Gasteiger partial charge in [-0.3, -0.25) is 0 Å². The summed E-state index contributed by atoms with van der Waals surface area (Å²) < 4.78 is 5.14. The van der Waals surface area contributed by atoms with Crippen molar-refractivity contribution in [3.63, 3.8) is 0 Å². The van der Waals surface area contributed by atoms with Crippen LogP contribution in [0.25, 0.3) is 0 Å². The molecule has 0 aliphatic carbocycles. The molecule has 0 saturated carbocycles. The van der Waals surface area contributed by atoms with E-state index in [0.717, 1.165) is 6.42 Å². The summed E-state index contributed by atoms with van der Waals surface area (Å²) in [6.45, 7) is 3.10. The Balaban J connectivity index is 2.71. The second-order valence-electron chi connectivity index (χ2n) is 4.64. The number of nitrogens with one attached hydrogen (secondary N) is 1. The van der Waals surface area contributed by atoms with Gasteiger partial charge in [-0.2, -0.15) is 0 Å². The van der Waals surface area contributed by atoms with Crippen molar-refractivity contribution < 1.29 is 24.5 Å². The van der Waals surface area contributed by atoms with E-state index in [1.807, 2.05) is 6.92 Å². The molecule has 0 bridgehead atoms. The fourth-order valence-corrected chi connectivity index (χ4v) is 2.10. The van der Waals surface area contributed by atoms with Gasteiger partial charge in [0, 0.05) is 39.1 Å². The maximum absolute atomic E-state index is 12.1. The van der Waals surface area contributed by atoms with Gasteiger partial charge >= 0.3 is 12.0 Å². The predicted octanol–water partition coefficient (Wildman–Crippen LogP) is 0.0341. The Kier molecular flexibility index (Phi) is 6.04. The van der Waals surface area contributed by atoms with E-state index < -0.39 is 17.5 Å². The number of amides is 2. The molecule has 0 atom stereocenters. The van der Waals surface area contributed by atoms with Gasteiger partial charge in [-0.1, -0.05) is 6.92 Å². The minimum absolute atomic E-state index is 0.142. The number of carbonyl (C=O) groups excluding carboxylic acids is 1. The fraction of sp³-hybridized carbons (Fsp3) is 0.833. The lowest BCUT2D eigenvalue weighted by Crippen LogP contribution is -2.60. The number of carboxylic acids is 1. The van der Waals surface area contributed by atoms with Crippen LogP contribution in [0.5, 0.6) is 0 Å². The van der Waals surface area contributed by atoms with Crippen LogP contribution in [0.3, 0.4) is 0 Å². The van der Waals surface area contributed by atoms with E-state index >= 15 is 0 Å². The van der Waals surface area contributed by atoms with Crippen LogP contribution in [0, 0.1) is 0 Å². The van der Waals surface area contributed by atoms with Crippen LogP contribution in [0.1, 0.15) is 26.2 Å². The number of aliphatic carboxylic acids is 1. The molecular formula is C12H22N2O5. The topological polar surface area (TPSA) is 99.1 Å². The summed E-state index contributed by atoms with van der Waals surface area (Å²) in [4.78, 5) is 24.9. The monoisotopic (exact) mass is 274 g/mol. The molecule has 0 unspecified atom stereocenters. The van der Waals surface area contributed by atoms with E-state index in [9.17, 15) is 14.7 Å². The Morgan fingerprint density at radius 1 is 1.32 bits per heavy atom. The average molecular weight is 274 g/mol. The summed E-state index contributed by atoms with van der Waals surface area (Å²) in [6, 6.07) is -0.444. The van der Waals surface area contributed by atoms with Gasteiger partial charge in [-0.15, -0.1) is 0 Å². The molecule has 1 aliphatic rings. The zero-order valence-electron chi connectivity index (χ0n) is 11.2. The first kappa shape index (κ1) is 15.7. The number of carbonyl (C=O) groups is 2. The number of urea groups is 1. The van der Waals surface area contributed by atoms with Gasteiger partial charge in [0.1, 0.15) is 5.54 Å². The van der Waals surface area contributed by atoms with Gasteiger partial charge in [-0.05, 0) is 6.42 Å². The lowest BCUT2D eigenvalue weighted by Gasteiger charge is -2.35. The van der Waals surface area contributed by atoms with Gasteiger partial charge in [-0.25, -0.2) is 9.59 Å². The zero-order chi connectivity index (χ0) is 14.3. The molecule has 0 spiro atoms. The molecule has 0 radical (unpaired) electrons. The predicted molar refractivity (Wildman–Crippen MR) is 67.9 cm³/mol. The number of carboxylic acid groups (broad SMARTS) is 1. The summed E-state index contributed by atoms with van der Waals surface area (Å²) in [5, 5.41) is 20.9. The van der Waals surface area contributed by atoms with Crippen LogP contribution < -0.4 is 5.32 Å². The molecule has 19 heavy (non-hydrogen) atoms. The quantitative estimate of drug-likeness (QED) is 0.635. The van der Waals surface area contributed by atoms with Crippen molar-refractivity contribution in [3.8, 4) is 0 Å². The Labute approximate surface area is 112 Å². The van der Waals surface area contributed by atoms with Crippen LogP contribution in [0.4, 0.5) is 4.79 Å². The van der Waals surface area contributed by atoms with Crippen LogP contribution in [-0.4, -0.2) is 65.6 Å². The average Bonchev–Trinajstić information content (AvgIpc) is 2.39. The number of hydrogen-bond donors (Lipinski definition) is 3. The molecule has 7 heteroatoms. The van der Waals surface area contributed by atoms with Crippen LogP contribution in [0.2, 0.25) is 0 Å². The smallest absolute Gasteiger partial charge is 0.329 e. The zero-order valence-corrected chi connectivity index (χ0v) is 11.2. The van der Waals surface area contributed by atoms with Gasteiger partial charge in [0.2, 0.25) is 0 Å². The molecule has 2 amide bonds. The van der Waals surface area contributed by atoms with Crippen LogP contribution in [-0.2, 0) is 9.53 Å². The summed E-state index contributed by atoms with van der Waals surface area (Å²) in [5.41, 5.74) is -1.25. The third kappa shape index (κ3) is 4.07. The van der Waals surface area contributed by atoms with E-state index in [1.165, 1.54) is 4.90 Å². The van der Waals surface area contributed by atoms with Gasteiger partial charge < -0.3 is 25.2 Å². The Morgan fingerprint density at radius 3 is 2.42 bits per heavy atom. The maximum Gasteiger partial charge on any atom is 0.329 e. The van der Waals surface area contributed by atoms with E-state index in [4.69, 9.17) is 9.84 Å². The number of nitrogens with zero attached hydrogens (tertiary/aromatic N) is 1. The van der Waals surface area contributed by atoms with Gasteiger partial charge in [0.15, 0.2) is 0 Å². The van der Waals surface area contributed by atoms with E-state index in [0.29, 0.717) is 19.8 Å². The molecule has 3 N–H and O–H groups in total. The van der Waals surface area contributed by atoms with E-state index in [2.05, 4.69) is 5.32 Å². The summed E-state index contributed by atoms with van der Waals surface area (Å²) in [7, 11) is 0. The number of aliphatic hydroxyl groups excluding tert-OH is 1. The molecule has 7 nitrogen and oxygen atoms in total. The third-order valence-corrected chi connectivity index (χ3v) is 3.25. The number of aliphatic hydroxyl groups is 1. The van der Waals surface area contributed by atoms with Crippen molar-refractivity contribution in [2.24, 2.45) is 0 Å². The Hall–Kier alpha value is -1.34. The first-order valence-electron chi connectivity index (χ1n) is 6.55. The van der Waals surface area contributed by atoms with Gasteiger partial charge in [0.05, 0.1) is 6.61 Å². The summed E-state index contributed by atoms with van der Waals surface area (Å²) in [5.74, 6) is -1.04. The maximum atomic E-state index is 12.1. The van der Waals surface area contributed by atoms with Crippen molar-refractivity contribution in [1.29, 1.82) is 0 Å². The highest BCUT2D eigenvalue weighted by molar-refractivity contribution is 5.86. The second-order valence-corrected chi connectivity index (χ2v) is 4.64. The highest BCUT2D eigenvalue weighted by Crippen LogP contribution is 2.21. The van der Waals surface area contributed by atoms with Crippen LogP contribution >= 0.6 is 0 Å². The minimum Gasteiger partial charge on any atom is -0.480 e. The van der Waals surface area contributed by atoms with Gasteiger partial charge in [0.25, 0.3) is 0 Å². The van der Waals surface area contributed by atoms with Crippen molar-refractivity contribution in [3.05, 3.63) is 0 Å². The SMILES string of the molecule is CCCN(CCO)C(=O)NC1(C(=O)O)CCOCC1. The van der Waals surface area contributed by atoms with Crippen molar-refractivity contribution in [2.45, 2.75) is 31.7 Å². The van der Waals surface area contributed by atoms with E-state index in [1.54, 1.807) is 0 Å². The number of ether oxygens (including phenoxy) is 1. The molecule has 110 valence electrons. The Morgan fingerprint density at radius 2 is 1.95 bits per heavy atom. The largest absolute Gasteiger partial charge is 0.480 e. The van der Waals surface area contributed by atoms with Crippen LogP contribution in [0.15, 0.2) is 0 Å². The number of hydrogen-bond acceptors (Lipinski definition) is 4. The lowest BCUT2D eigenvalue weighted by molar-refractivity contribution is -0.148. The minimum atomic E-state index is -1.25. The first-order chi connectivity index (χ1) is 9.05. The standard InChI is InChI=1S/C12H22N2O5/c1-2-5-14(6-7-15)11(18)13-12(10(16)17)3-8-19-9-4-12/h15H,2-9H2,1H3,(H,13,18)(H,16,17). The molecule has 0 aromatic rings. The first-order valence-corrected chi connectivity index (χ1v) is 6.55. The Bertz CT molecular complexity index is 309. The molecular weight excluding hydrogens is 252 g/mol. The lowest BCUT2D eigenvalue weighted by atomic mass is 9.90. The highest BCUT2D eigenvalue weighted by Gasteiger charge is 2.42. The number of rotatable bonds is 6. The molecule has 0 aromatic carbocycles. The van der Waals surface area contributed by atoms with Crippen molar-refractivity contribution in [2.75, 3.05) is 32.9 Å². The van der Waals surface area contributed by atoms with Crippen molar-refractivity contribution in [1.82, 2.24) is 10.2 Å². The summed E-state index contributed by atoms with van der Waals surface area (Å²) in [6.07, 6.45) is 1.26. The molecule has 1 fully saturated rings. The fourth-order valence-electron chi connectivity index (χ4n) is 2.10. The molecule has 1 heterocycles. The van der Waals surface area contributed by atoms with Crippen molar-refractivity contribution >= 4 is 12.0 Å². The molecule has 1 rings (SSSR count).